The van der Waals surface area contributed by atoms with E-state index in [0.29, 0.717) is 11.6 Å². The number of halogens is 5. The summed E-state index contributed by atoms with van der Waals surface area (Å²) in [5.74, 6) is -2.84. The summed E-state index contributed by atoms with van der Waals surface area (Å²) in [6.07, 6.45) is -5.03. The van der Waals surface area contributed by atoms with Gasteiger partial charge in [-0.3, -0.25) is 0 Å². The van der Waals surface area contributed by atoms with Crippen molar-refractivity contribution in [3.63, 3.8) is 0 Å². The molecule has 0 aliphatic rings. The van der Waals surface area contributed by atoms with Crippen molar-refractivity contribution >= 4 is 17.4 Å². The zero-order valence-corrected chi connectivity index (χ0v) is 12.2. The van der Waals surface area contributed by atoms with Gasteiger partial charge in [0.25, 0.3) is 0 Å². The van der Waals surface area contributed by atoms with Gasteiger partial charge in [0.2, 0.25) is 0 Å². The molecule has 2 aromatic carbocycles. The second-order valence-corrected chi connectivity index (χ2v) is 4.74. The van der Waals surface area contributed by atoms with E-state index < -0.39 is 29.8 Å². The van der Waals surface area contributed by atoms with Crippen LogP contribution >= 0.6 is 0 Å². The Morgan fingerprint density at radius 3 is 2.00 bits per heavy atom. The van der Waals surface area contributed by atoms with Crippen LogP contribution in [0.2, 0.25) is 0 Å². The molecule has 4 nitrogen and oxygen atoms in total. The van der Waals surface area contributed by atoms with Gasteiger partial charge in [-0.05, 0) is 36.8 Å². The lowest BCUT2D eigenvalue weighted by atomic mass is 10.2. The minimum Gasteiger partial charge on any atom is -0.403 e. The molecule has 0 bridgehead atoms. The Morgan fingerprint density at radius 2 is 1.50 bits per heavy atom. The van der Waals surface area contributed by atoms with Gasteiger partial charge in [0.1, 0.15) is 5.82 Å². The smallest absolute Gasteiger partial charge is 0.403 e. The van der Waals surface area contributed by atoms with Crippen molar-refractivity contribution in [3.8, 4) is 5.75 Å². The Bertz CT molecular complexity index is 762. The van der Waals surface area contributed by atoms with E-state index in [1.165, 1.54) is 12.1 Å². The second kappa shape index (κ2) is 6.73. The summed E-state index contributed by atoms with van der Waals surface area (Å²) in [6.45, 7) is 1.55. The first-order valence-corrected chi connectivity index (χ1v) is 6.53. The Morgan fingerprint density at radius 1 is 0.958 bits per heavy atom. The second-order valence-electron chi connectivity index (χ2n) is 4.74. The van der Waals surface area contributed by atoms with Gasteiger partial charge < -0.3 is 15.4 Å². The maximum Gasteiger partial charge on any atom is 0.573 e. The van der Waals surface area contributed by atoms with E-state index in [-0.39, 0.29) is 11.4 Å². The molecular weight excluding hydrogens is 335 g/mol. The Kier molecular flexibility index (Phi) is 4.91. The molecule has 0 aliphatic carbocycles. The lowest BCUT2D eigenvalue weighted by Gasteiger charge is -2.12. The fourth-order valence-electron chi connectivity index (χ4n) is 1.75. The highest BCUT2D eigenvalue weighted by molar-refractivity contribution is 5.99. The molecule has 24 heavy (non-hydrogen) atoms. The summed E-state index contributed by atoms with van der Waals surface area (Å²) in [5.41, 5.74) is 0.448. The molecule has 9 heteroatoms. The fraction of sp³-hybridized carbons (Fsp3) is 0.133. The van der Waals surface area contributed by atoms with Crippen LogP contribution in [0.1, 0.15) is 5.56 Å². The third kappa shape index (κ3) is 4.83. The number of amides is 2. The highest BCUT2D eigenvalue weighted by atomic mass is 19.4. The summed E-state index contributed by atoms with van der Waals surface area (Å²) < 4.78 is 66.4. The average molecular weight is 346 g/mol. The molecule has 2 amide bonds. The van der Waals surface area contributed by atoms with Crippen LogP contribution in [0.3, 0.4) is 0 Å². The summed E-state index contributed by atoms with van der Waals surface area (Å²) >= 11 is 0. The average Bonchev–Trinajstić information content (AvgIpc) is 2.44. The van der Waals surface area contributed by atoms with Gasteiger partial charge in [0.05, 0.1) is 0 Å². The maximum atomic E-state index is 13.5. The summed E-state index contributed by atoms with van der Waals surface area (Å²) in [6, 6.07) is 5.60. The number of carbonyl (C=O) groups is 1. The predicted molar refractivity (Wildman–Crippen MR) is 76.9 cm³/mol. The van der Waals surface area contributed by atoms with Gasteiger partial charge in [-0.15, -0.1) is 13.2 Å². The van der Waals surface area contributed by atoms with Gasteiger partial charge >= 0.3 is 12.4 Å². The van der Waals surface area contributed by atoms with E-state index in [0.717, 1.165) is 18.2 Å². The molecule has 0 aromatic heterocycles. The van der Waals surface area contributed by atoms with E-state index in [9.17, 15) is 26.7 Å². The van der Waals surface area contributed by atoms with Crippen LogP contribution in [-0.4, -0.2) is 12.4 Å². The number of ether oxygens (including phenoxy) is 1. The third-order valence-electron chi connectivity index (χ3n) is 2.85. The minimum absolute atomic E-state index is 0.105. The van der Waals surface area contributed by atoms with E-state index in [4.69, 9.17) is 0 Å². The molecule has 0 unspecified atom stereocenters. The van der Waals surface area contributed by atoms with Crippen molar-refractivity contribution in [2.45, 2.75) is 13.3 Å². The highest BCUT2D eigenvalue weighted by Crippen LogP contribution is 2.27. The number of alkyl halides is 3. The van der Waals surface area contributed by atoms with Gasteiger partial charge in [0, 0.05) is 17.4 Å². The molecule has 0 spiro atoms. The molecule has 2 aromatic rings. The summed E-state index contributed by atoms with van der Waals surface area (Å²) in [4.78, 5) is 11.7. The summed E-state index contributed by atoms with van der Waals surface area (Å²) in [7, 11) is 0. The Labute approximate surface area is 133 Å². The van der Waals surface area contributed by atoms with Crippen molar-refractivity contribution in [1.29, 1.82) is 0 Å². The monoisotopic (exact) mass is 346 g/mol. The molecule has 0 saturated carbocycles. The topological polar surface area (TPSA) is 50.4 Å². The molecule has 0 radical (unpaired) electrons. The largest absolute Gasteiger partial charge is 0.573 e. The highest BCUT2D eigenvalue weighted by Gasteiger charge is 2.32. The summed E-state index contributed by atoms with van der Waals surface area (Å²) in [5, 5.41) is 4.51. The van der Waals surface area contributed by atoms with Crippen molar-refractivity contribution < 1.29 is 31.5 Å². The molecule has 0 saturated heterocycles. The number of hydrogen-bond donors (Lipinski definition) is 2. The van der Waals surface area contributed by atoms with Gasteiger partial charge in [-0.25, -0.2) is 13.6 Å². The lowest BCUT2D eigenvalue weighted by Crippen LogP contribution is -2.20. The first-order valence-electron chi connectivity index (χ1n) is 6.53. The van der Waals surface area contributed by atoms with Crippen LogP contribution in [0.15, 0.2) is 36.4 Å². The zero-order chi connectivity index (χ0) is 17.9. The van der Waals surface area contributed by atoms with E-state index >= 15 is 0 Å². The molecule has 0 atom stereocenters. The van der Waals surface area contributed by atoms with Crippen LogP contribution in [0.25, 0.3) is 0 Å². The van der Waals surface area contributed by atoms with E-state index in [2.05, 4.69) is 15.4 Å². The number of anilines is 2. The van der Waals surface area contributed by atoms with Crippen molar-refractivity contribution in [2.24, 2.45) is 0 Å². The van der Waals surface area contributed by atoms with Crippen LogP contribution in [0.4, 0.5) is 38.1 Å². The van der Waals surface area contributed by atoms with E-state index in [1.807, 2.05) is 0 Å². The molecule has 2 N–H and O–H groups in total. The third-order valence-corrected chi connectivity index (χ3v) is 2.85. The number of benzene rings is 2. The number of carbonyl (C=O) groups excluding carboxylic acids is 1. The number of hydrogen-bond acceptors (Lipinski definition) is 2. The number of nitrogens with one attached hydrogen (secondary N) is 2. The Balaban J connectivity index is 2.03. The predicted octanol–water partition coefficient (Wildman–Crippen LogP) is 4.82. The molecule has 128 valence electrons. The first-order chi connectivity index (χ1) is 11.1. The van der Waals surface area contributed by atoms with Crippen LogP contribution < -0.4 is 15.4 Å². The molecular formula is C15H11F5N2O2. The van der Waals surface area contributed by atoms with Crippen molar-refractivity contribution in [1.82, 2.24) is 0 Å². The molecule has 2 rings (SSSR count). The van der Waals surface area contributed by atoms with Gasteiger partial charge in [0.15, 0.2) is 11.6 Å². The van der Waals surface area contributed by atoms with Gasteiger partial charge in [-0.2, -0.15) is 0 Å². The van der Waals surface area contributed by atoms with Crippen LogP contribution in [0, 0.1) is 18.6 Å². The quantitative estimate of drug-likeness (QED) is 0.783. The van der Waals surface area contributed by atoms with E-state index in [1.54, 1.807) is 6.92 Å². The van der Waals surface area contributed by atoms with Gasteiger partial charge in [-0.1, -0.05) is 6.07 Å². The normalized spacial score (nSPS) is 11.1. The lowest BCUT2D eigenvalue weighted by molar-refractivity contribution is -0.275. The maximum absolute atomic E-state index is 13.5. The first kappa shape index (κ1) is 17.5. The van der Waals surface area contributed by atoms with Crippen molar-refractivity contribution in [3.05, 3.63) is 53.6 Å². The molecule has 0 heterocycles. The minimum atomic E-state index is -5.03. The van der Waals surface area contributed by atoms with Crippen LogP contribution in [0.5, 0.6) is 5.75 Å². The van der Waals surface area contributed by atoms with Crippen molar-refractivity contribution in [2.75, 3.05) is 10.6 Å². The zero-order valence-electron chi connectivity index (χ0n) is 12.2. The molecule has 0 aliphatic heterocycles. The van der Waals surface area contributed by atoms with Crippen LogP contribution in [-0.2, 0) is 0 Å². The standard InChI is InChI=1S/C15H11F5N2O2/c1-8-2-3-9(6-11(8)16)21-14(23)22-10-4-5-13(12(17)7-10)24-15(18,19)20/h2-7H,1H3,(H2,21,22,23). The number of aryl methyl sites for hydroxylation is 1. The SMILES string of the molecule is Cc1ccc(NC(=O)Nc2ccc(OC(F)(F)F)c(F)c2)cc1F. The molecule has 0 fully saturated rings. The number of rotatable bonds is 3. The Hall–Kier alpha value is -2.84. The number of urea groups is 1. The fourth-order valence-corrected chi connectivity index (χ4v) is 1.75.